The van der Waals surface area contributed by atoms with Crippen LogP contribution in [-0.4, -0.2) is 0 Å². The van der Waals surface area contributed by atoms with Crippen molar-refractivity contribution < 1.29 is 0 Å². The standard InChI is InChI=1S/2C12H6Br4/c2*13-9-1-7(2-10(14)5-9)8-3-11(15)6-12(16)4-8/h2*1-6H. The first-order valence-electron chi connectivity index (χ1n) is 8.94. The van der Waals surface area contributed by atoms with Crippen molar-refractivity contribution in [1.82, 2.24) is 0 Å². The fraction of sp³-hybridized carbons (Fsp3) is 0. The third-order valence-corrected chi connectivity index (χ3v) is 7.78. The summed E-state index contributed by atoms with van der Waals surface area (Å²) < 4.78 is 8.50. The van der Waals surface area contributed by atoms with Gasteiger partial charge in [0.2, 0.25) is 0 Å². The topological polar surface area (TPSA) is 0 Å². The maximum Gasteiger partial charge on any atom is 0.0192 e. The Bertz CT molecular complexity index is 988. The molecule has 4 rings (SSSR count). The van der Waals surface area contributed by atoms with Crippen LogP contribution in [0.2, 0.25) is 0 Å². The first-order chi connectivity index (χ1) is 15.1. The quantitative estimate of drug-likeness (QED) is 0.188. The molecule has 8 heteroatoms. The van der Waals surface area contributed by atoms with Gasteiger partial charge < -0.3 is 0 Å². The van der Waals surface area contributed by atoms with E-state index in [1.165, 1.54) is 22.3 Å². The number of halogens is 8. The van der Waals surface area contributed by atoms with Crippen LogP contribution in [0.4, 0.5) is 0 Å². The van der Waals surface area contributed by atoms with Crippen LogP contribution in [0.25, 0.3) is 22.3 Å². The average Bonchev–Trinajstić information content (AvgIpc) is 2.65. The molecule has 4 aromatic rings. The van der Waals surface area contributed by atoms with Crippen LogP contribution >= 0.6 is 127 Å². The van der Waals surface area contributed by atoms with E-state index in [9.17, 15) is 0 Å². The highest BCUT2D eigenvalue weighted by molar-refractivity contribution is 9.12. The molecule has 0 heterocycles. The van der Waals surface area contributed by atoms with E-state index in [0.29, 0.717) is 0 Å². The third kappa shape index (κ3) is 8.43. The Morgan fingerprint density at radius 3 is 0.469 bits per heavy atom. The highest BCUT2D eigenvalue weighted by Gasteiger charge is 2.04. The summed E-state index contributed by atoms with van der Waals surface area (Å²) in [5, 5.41) is 0. The van der Waals surface area contributed by atoms with Gasteiger partial charge in [0.25, 0.3) is 0 Å². The van der Waals surface area contributed by atoms with Gasteiger partial charge in [0.05, 0.1) is 0 Å². The molecule has 0 spiro atoms. The van der Waals surface area contributed by atoms with Crippen molar-refractivity contribution in [2.45, 2.75) is 0 Å². The van der Waals surface area contributed by atoms with Gasteiger partial charge in [-0.1, -0.05) is 127 Å². The smallest absolute Gasteiger partial charge is 0.0192 e. The second-order valence-electron chi connectivity index (χ2n) is 6.63. The van der Waals surface area contributed by atoms with Crippen molar-refractivity contribution in [3.05, 3.63) is 109 Å². The molecular weight excluding hydrogens is 927 g/mol. The van der Waals surface area contributed by atoms with Crippen molar-refractivity contribution in [3.63, 3.8) is 0 Å². The van der Waals surface area contributed by atoms with E-state index in [4.69, 9.17) is 0 Å². The van der Waals surface area contributed by atoms with Crippen molar-refractivity contribution in [2.75, 3.05) is 0 Å². The Labute approximate surface area is 255 Å². The van der Waals surface area contributed by atoms with E-state index >= 15 is 0 Å². The summed E-state index contributed by atoms with van der Waals surface area (Å²) in [6.07, 6.45) is 0. The molecule has 0 saturated carbocycles. The molecule has 164 valence electrons. The average molecular weight is 940 g/mol. The fourth-order valence-electron chi connectivity index (χ4n) is 2.88. The Balaban J connectivity index is 0.000000181. The first kappa shape index (κ1) is 27.3. The van der Waals surface area contributed by atoms with Crippen molar-refractivity contribution >= 4 is 127 Å². The van der Waals surface area contributed by atoms with Gasteiger partial charge >= 0.3 is 0 Å². The predicted octanol–water partition coefficient (Wildman–Crippen LogP) is 12.8. The molecule has 0 aliphatic rings. The highest BCUT2D eigenvalue weighted by Crippen LogP contribution is 2.33. The number of hydrogen-bond donors (Lipinski definition) is 0. The molecule has 0 saturated heterocycles. The molecule has 0 fully saturated rings. The molecule has 32 heavy (non-hydrogen) atoms. The molecule has 0 amide bonds. The molecule has 0 bridgehead atoms. The number of rotatable bonds is 2. The minimum Gasteiger partial charge on any atom is -0.0508 e. The van der Waals surface area contributed by atoms with Gasteiger partial charge in [0, 0.05) is 35.8 Å². The molecular formula is C24H12Br8. The molecule has 0 N–H and O–H groups in total. The van der Waals surface area contributed by atoms with Crippen LogP contribution in [0.5, 0.6) is 0 Å². The van der Waals surface area contributed by atoms with Crippen LogP contribution in [0.3, 0.4) is 0 Å². The number of benzene rings is 4. The lowest BCUT2D eigenvalue weighted by molar-refractivity contribution is 1.53. The van der Waals surface area contributed by atoms with Crippen LogP contribution < -0.4 is 0 Å². The monoisotopic (exact) mass is 931 g/mol. The van der Waals surface area contributed by atoms with Crippen LogP contribution in [0.1, 0.15) is 0 Å². The molecule has 0 aliphatic heterocycles. The summed E-state index contributed by atoms with van der Waals surface area (Å²) in [4.78, 5) is 0. The Morgan fingerprint density at radius 2 is 0.344 bits per heavy atom. The first-order valence-corrected chi connectivity index (χ1v) is 15.3. The molecule has 0 nitrogen and oxygen atoms in total. The van der Waals surface area contributed by atoms with E-state index in [-0.39, 0.29) is 0 Å². The summed E-state index contributed by atoms with van der Waals surface area (Å²) >= 11 is 28.0. The normalized spacial score (nSPS) is 10.5. The van der Waals surface area contributed by atoms with Gasteiger partial charge in [-0.2, -0.15) is 0 Å². The lowest BCUT2D eigenvalue weighted by Gasteiger charge is -2.05. The van der Waals surface area contributed by atoms with Gasteiger partial charge in [-0.05, 0) is 95.1 Å². The zero-order valence-electron chi connectivity index (χ0n) is 16.0. The van der Waals surface area contributed by atoms with Gasteiger partial charge in [-0.3, -0.25) is 0 Å². The SMILES string of the molecule is Brc1cc(Br)cc(-c2cc(Br)cc(Br)c2)c1.Brc1cc(Br)cc(-c2cc(Br)cc(Br)c2)c1. The predicted molar refractivity (Wildman–Crippen MR) is 165 cm³/mol. The molecule has 0 atom stereocenters. The van der Waals surface area contributed by atoms with Gasteiger partial charge in [0.1, 0.15) is 0 Å². The molecule has 0 aromatic heterocycles. The zero-order chi connectivity index (χ0) is 23.4. The molecule has 0 unspecified atom stereocenters. The minimum atomic E-state index is 1.06. The van der Waals surface area contributed by atoms with Crippen molar-refractivity contribution in [3.8, 4) is 22.3 Å². The van der Waals surface area contributed by atoms with Gasteiger partial charge in [0.15, 0.2) is 0 Å². The zero-order valence-corrected chi connectivity index (χ0v) is 28.6. The second-order valence-corrected chi connectivity index (χ2v) is 14.0. The molecule has 0 aliphatic carbocycles. The van der Waals surface area contributed by atoms with Crippen LogP contribution in [0.15, 0.2) is 109 Å². The molecule has 0 radical (unpaired) electrons. The summed E-state index contributed by atoms with van der Waals surface area (Å²) in [6.45, 7) is 0. The Morgan fingerprint density at radius 1 is 0.219 bits per heavy atom. The lowest BCUT2D eigenvalue weighted by Crippen LogP contribution is -1.80. The summed E-state index contributed by atoms with van der Waals surface area (Å²) in [5.74, 6) is 0. The highest BCUT2D eigenvalue weighted by atomic mass is 79.9. The summed E-state index contributed by atoms with van der Waals surface area (Å²) in [5.41, 5.74) is 4.68. The van der Waals surface area contributed by atoms with E-state index in [0.717, 1.165) is 35.8 Å². The maximum atomic E-state index is 3.49. The third-order valence-electron chi connectivity index (χ3n) is 4.12. The van der Waals surface area contributed by atoms with Gasteiger partial charge in [-0.15, -0.1) is 0 Å². The summed E-state index contributed by atoms with van der Waals surface area (Å²) in [7, 11) is 0. The minimum absolute atomic E-state index is 1.06. The largest absolute Gasteiger partial charge is 0.0508 e. The van der Waals surface area contributed by atoms with E-state index in [1.54, 1.807) is 0 Å². The lowest BCUT2D eigenvalue weighted by atomic mass is 10.1. The number of hydrogen-bond acceptors (Lipinski definition) is 0. The Hall–Kier alpha value is 0.720. The summed E-state index contributed by atoms with van der Waals surface area (Å²) in [6, 6.07) is 24.9. The second kappa shape index (κ2) is 12.6. The Kier molecular flexibility index (Phi) is 10.8. The van der Waals surface area contributed by atoms with E-state index in [2.05, 4.69) is 176 Å². The fourth-order valence-corrected chi connectivity index (χ4v) is 8.06. The van der Waals surface area contributed by atoms with Gasteiger partial charge in [-0.25, -0.2) is 0 Å². The molecule has 4 aromatic carbocycles. The van der Waals surface area contributed by atoms with Crippen molar-refractivity contribution in [2.24, 2.45) is 0 Å². The van der Waals surface area contributed by atoms with Crippen LogP contribution in [0, 0.1) is 0 Å². The van der Waals surface area contributed by atoms with E-state index < -0.39 is 0 Å². The maximum absolute atomic E-state index is 3.49. The van der Waals surface area contributed by atoms with Crippen LogP contribution in [-0.2, 0) is 0 Å². The van der Waals surface area contributed by atoms with E-state index in [1.807, 2.05) is 24.3 Å². The van der Waals surface area contributed by atoms with Crippen molar-refractivity contribution in [1.29, 1.82) is 0 Å².